The van der Waals surface area contributed by atoms with Crippen molar-refractivity contribution in [2.24, 2.45) is 0 Å². The molecule has 1 aromatic heterocycles. The predicted molar refractivity (Wildman–Crippen MR) is 69.9 cm³/mol. The van der Waals surface area contributed by atoms with Crippen molar-refractivity contribution in [3.8, 4) is 0 Å². The number of anilines is 1. The van der Waals surface area contributed by atoms with Gasteiger partial charge in [-0.2, -0.15) is 0 Å². The number of likely N-dealkylation sites (tertiary alicyclic amines) is 1. The highest BCUT2D eigenvalue weighted by Gasteiger charge is 2.23. The van der Waals surface area contributed by atoms with Gasteiger partial charge < -0.3 is 15.0 Å². The van der Waals surface area contributed by atoms with Gasteiger partial charge in [-0.05, 0) is 25.0 Å². The Bertz CT molecular complexity index is 428. The van der Waals surface area contributed by atoms with E-state index in [4.69, 9.17) is 16.3 Å². The molecule has 0 spiro atoms. The Morgan fingerprint density at radius 3 is 3.22 bits per heavy atom. The normalized spacial score (nSPS) is 19.4. The molecule has 18 heavy (non-hydrogen) atoms. The summed E-state index contributed by atoms with van der Waals surface area (Å²) in [7, 11) is 1.40. The van der Waals surface area contributed by atoms with Crippen LogP contribution < -0.4 is 5.32 Å². The van der Waals surface area contributed by atoms with Crippen LogP contribution in [-0.4, -0.2) is 42.2 Å². The Balaban J connectivity index is 1.95. The van der Waals surface area contributed by atoms with Crippen LogP contribution in [0.25, 0.3) is 0 Å². The number of carbonyl (C=O) groups excluding carboxylic acids is 1. The molecule has 0 aliphatic carbocycles. The largest absolute Gasteiger partial charge is 0.453 e. The topological polar surface area (TPSA) is 54.5 Å². The highest BCUT2D eigenvalue weighted by Crippen LogP contribution is 2.18. The molecule has 1 aromatic rings. The van der Waals surface area contributed by atoms with E-state index in [1.165, 1.54) is 7.11 Å². The van der Waals surface area contributed by atoms with Gasteiger partial charge in [0.05, 0.1) is 7.11 Å². The number of methoxy groups -OCH3 is 1. The van der Waals surface area contributed by atoms with Crippen molar-refractivity contribution in [2.45, 2.75) is 18.9 Å². The van der Waals surface area contributed by atoms with E-state index in [0.717, 1.165) is 25.1 Å². The molecule has 0 saturated carbocycles. The third kappa shape index (κ3) is 3.26. The number of rotatable bonds is 2. The first kappa shape index (κ1) is 13.0. The molecule has 0 radical (unpaired) electrons. The van der Waals surface area contributed by atoms with E-state index < -0.39 is 0 Å². The van der Waals surface area contributed by atoms with Gasteiger partial charge in [0.2, 0.25) is 0 Å². The lowest BCUT2D eigenvalue weighted by atomic mass is 10.1. The second-order valence-corrected chi connectivity index (χ2v) is 4.65. The Kier molecular flexibility index (Phi) is 4.25. The maximum absolute atomic E-state index is 11.5. The summed E-state index contributed by atoms with van der Waals surface area (Å²) < 4.78 is 4.74. The first-order valence-electron chi connectivity index (χ1n) is 5.90. The quantitative estimate of drug-likeness (QED) is 0.838. The van der Waals surface area contributed by atoms with Crippen molar-refractivity contribution < 1.29 is 9.53 Å². The minimum absolute atomic E-state index is 0.219. The SMILES string of the molecule is COC(=O)N1CCCC(Nc2ccnc(Cl)c2)C1. The van der Waals surface area contributed by atoms with Gasteiger partial charge in [-0.1, -0.05) is 11.6 Å². The number of amides is 1. The molecular weight excluding hydrogens is 254 g/mol. The fraction of sp³-hybridized carbons (Fsp3) is 0.500. The summed E-state index contributed by atoms with van der Waals surface area (Å²) >= 11 is 5.83. The molecule has 1 aliphatic rings. The van der Waals surface area contributed by atoms with Crippen LogP contribution in [-0.2, 0) is 4.74 Å². The Morgan fingerprint density at radius 2 is 2.50 bits per heavy atom. The number of pyridine rings is 1. The zero-order valence-electron chi connectivity index (χ0n) is 10.2. The average molecular weight is 270 g/mol. The van der Waals surface area contributed by atoms with Crippen LogP contribution in [0, 0.1) is 0 Å². The number of carbonyl (C=O) groups is 1. The van der Waals surface area contributed by atoms with E-state index in [0.29, 0.717) is 11.7 Å². The number of halogens is 1. The van der Waals surface area contributed by atoms with E-state index in [2.05, 4.69) is 10.3 Å². The number of hydrogen-bond acceptors (Lipinski definition) is 4. The highest BCUT2D eigenvalue weighted by molar-refractivity contribution is 6.29. The number of piperidine rings is 1. The molecule has 1 fully saturated rings. The van der Waals surface area contributed by atoms with Gasteiger partial charge in [0, 0.05) is 31.0 Å². The average Bonchev–Trinajstić information content (AvgIpc) is 2.38. The number of aromatic nitrogens is 1. The lowest BCUT2D eigenvalue weighted by molar-refractivity contribution is 0.113. The first-order chi connectivity index (χ1) is 8.69. The fourth-order valence-electron chi connectivity index (χ4n) is 2.12. The summed E-state index contributed by atoms with van der Waals surface area (Å²) in [5, 5.41) is 3.82. The van der Waals surface area contributed by atoms with Crippen molar-refractivity contribution in [3.63, 3.8) is 0 Å². The molecule has 6 heteroatoms. The third-order valence-electron chi connectivity index (χ3n) is 2.95. The van der Waals surface area contributed by atoms with E-state index in [1.807, 2.05) is 6.07 Å². The molecule has 2 rings (SSSR count). The number of nitrogens with zero attached hydrogens (tertiary/aromatic N) is 2. The molecule has 1 saturated heterocycles. The molecule has 0 bridgehead atoms. The first-order valence-corrected chi connectivity index (χ1v) is 6.28. The van der Waals surface area contributed by atoms with E-state index in [1.54, 1.807) is 17.2 Å². The summed E-state index contributed by atoms with van der Waals surface area (Å²) in [6.45, 7) is 1.40. The highest BCUT2D eigenvalue weighted by atomic mass is 35.5. The van der Waals surface area contributed by atoms with Crippen molar-refractivity contribution in [1.82, 2.24) is 9.88 Å². The van der Waals surface area contributed by atoms with E-state index in [9.17, 15) is 4.79 Å². The Labute approximate surface area is 111 Å². The van der Waals surface area contributed by atoms with Gasteiger partial charge in [-0.3, -0.25) is 0 Å². The van der Waals surface area contributed by atoms with Crippen LogP contribution in [0.2, 0.25) is 5.15 Å². The van der Waals surface area contributed by atoms with E-state index in [-0.39, 0.29) is 12.1 Å². The van der Waals surface area contributed by atoms with Crippen LogP contribution in [0.1, 0.15) is 12.8 Å². The lowest BCUT2D eigenvalue weighted by Crippen LogP contribution is -2.45. The van der Waals surface area contributed by atoms with Gasteiger partial charge >= 0.3 is 6.09 Å². The summed E-state index contributed by atoms with van der Waals surface area (Å²) in [5.41, 5.74) is 0.923. The van der Waals surface area contributed by atoms with E-state index >= 15 is 0 Å². The van der Waals surface area contributed by atoms with Crippen molar-refractivity contribution in [2.75, 3.05) is 25.5 Å². The minimum Gasteiger partial charge on any atom is -0.453 e. The molecule has 5 nitrogen and oxygen atoms in total. The molecule has 1 aliphatic heterocycles. The van der Waals surface area contributed by atoms with Gasteiger partial charge in [0.25, 0.3) is 0 Å². The standard InChI is InChI=1S/C12H16ClN3O2/c1-18-12(17)16-6-2-3-10(8-16)15-9-4-5-14-11(13)7-9/h4-5,7,10H,2-3,6,8H2,1H3,(H,14,15). The van der Waals surface area contributed by atoms with Crippen LogP contribution >= 0.6 is 11.6 Å². The van der Waals surface area contributed by atoms with Crippen LogP contribution in [0.3, 0.4) is 0 Å². The number of ether oxygens (including phenoxy) is 1. The van der Waals surface area contributed by atoms with Crippen molar-refractivity contribution in [1.29, 1.82) is 0 Å². The van der Waals surface area contributed by atoms with Crippen molar-refractivity contribution >= 4 is 23.4 Å². The second-order valence-electron chi connectivity index (χ2n) is 4.27. The molecule has 1 unspecified atom stereocenters. The van der Waals surface area contributed by atoms with Crippen molar-refractivity contribution in [3.05, 3.63) is 23.5 Å². The fourth-order valence-corrected chi connectivity index (χ4v) is 2.29. The zero-order valence-corrected chi connectivity index (χ0v) is 11.0. The summed E-state index contributed by atoms with van der Waals surface area (Å²) in [6.07, 6.45) is 3.37. The van der Waals surface area contributed by atoms with Crippen LogP contribution in [0.5, 0.6) is 0 Å². The molecular formula is C12H16ClN3O2. The van der Waals surface area contributed by atoms with Gasteiger partial charge in [-0.15, -0.1) is 0 Å². The summed E-state index contributed by atoms with van der Waals surface area (Å²) in [4.78, 5) is 17.1. The summed E-state index contributed by atoms with van der Waals surface area (Å²) in [5.74, 6) is 0. The maximum Gasteiger partial charge on any atom is 0.409 e. The molecule has 1 N–H and O–H groups in total. The Morgan fingerprint density at radius 1 is 1.67 bits per heavy atom. The third-order valence-corrected chi connectivity index (χ3v) is 3.16. The van der Waals surface area contributed by atoms with Gasteiger partial charge in [-0.25, -0.2) is 9.78 Å². The van der Waals surface area contributed by atoms with Crippen LogP contribution in [0.15, 0.2) is 18.3 Å². The number of hydrogen-bond donors (Lipinski definition) is 1. The molecule has 1 atom stereocenters. The summed E-state index contributed by atoms with van der Waals surface area (Å²) in [6, 6.07) is 3.86. The monoisotopic (exact) mass is 269 g/mol. The molecule has 0 aromatic carbocycles. The predicted octanol–water partition coefficient (Wildman–Crippen LogP) is 2.38. The molecule has 2 heterocycles. The lowest BCUT2D eigenvalue weighted by Gasteiger charge is -2.32. The molecule has 98 valence electrons. The van der Waals surface area contributed by atoms with Gasteiger partial charge in [0.15, 0.2) is 0 Å². The van der Waals surface area contributed by atoms with Gasteiger partial charge in [0.1, 0.15) is 5.15 Å². The van der Waals surface area contributed by atoms with Crippen LogP contribution in [0.4, 0.5) is 10.5 Å². The second kappa shape index (κ2) is 5.91. The minimum atomic E-state index is -0.269. The zero-order chi connectivity index (χ0) is 13.0. The molecule has 1 amide bonds. The maximum atomic E-state index is 11.5. The number of nitrogens with one attached hydrogen (secondary N) is 1. The Hall–Kier alpha value is -1.49. The smallest absolute Gasteiger partial charge is 0.409 e.